The van der Waals surface area contributed by atoms with Crippen molar-refractivity contribution in [1.29, 1.82) is 0 Å². The summed E-state index contributed by atoms with van der Waals surface area (Å²) in [5, 5.41) is 4.41. The molecule has 1 heterocycles. The van der Waals surface area contributed by atoms with Gasteiger partial charge in [0.1, 0.15) is 0 Å². The lowest BCUT2D eigenvalue weighted by atomic mass is 10.2. The smallest absolute Gasteiger partial charge is 0.246 e. The molecule has 0 fully saturated rings. The Kier molecular flexibility index (Phi) is 6.19. The molecule has 140 valence electrons. The van der Waals surface area contributed by atoms with Crippen molar-refractivity contribution < 1.29 is 9.32 Å². The molecule has 7 heteroatoms. The Morgan fingerprint density at radius 1 is 1.19 bits per heavy atom. The quantitative estimate of drug-likeness (QED) is 0.553. The van der Waals surface area contributed by atoms with Gasteiger partial charge in [-0.3, -0.25) is 4.79 Å². The number of rotatable bonds is 6. The molecular weight excluding hydrogens is 382 g/mol. The van der Waals surface area contributed by atoms with E-state index >= 15 is 0 Å². The molecule has 1 aromatic heterocycles. The van der Waals surface area contributed by atoms with Crippen LogP contribution in [0.3, 0.4) is 0 Å². The standard InChI is InChI=1S/C20H20ClN3O2S/c1-13-4-10-17(11-5-13)27-14(2)20(25)24(3)12-18-22-19(23-26-18)15-6-8-16(21)9-7-15/h4-11,14H,12H2,1-3H3/t14-/m1/s1. The lowest BCUT2D eigenvalue weighted by Gasteiger charge is -2.19. The number of aryl methyl sites for hydroxylation is 1. The van der Waals surface area contributed by atoms with E-state index < -0.39 is 0 Å². The number of hydrogen-bond donors (Lipinski definition) is 0. The molecule has 1 amide bonds. The molecular formula is C20H20ClN3O2S. The van der Waals surface area contributed by atoms with E-state index in [1.165, 1.54) is 17.3 Å². The van der Waals surface area contributed by atoms with Gasteiger partial charge in [-0.2, -0.15) is 4.98 Å². The van der Waals surface area contributed by atoms with Crippen LogP contribution in [-0.4, -0.2) is 33.2 Å². The molecule has 0 N–H and O–H groups in total. The van der Waals surface area contributed by atoms with Gasteiger partial charge in [0.05, 0.1) is 11.8 Å². The van der Waals surface area contributed by atoms with Crippen LogP contribution in [0.5, 0.6) is 0 Å². The highest BCUT2D eigenvalue weighted by atomic mass is 35.5. The Morgan fingerprint density at radius 3 is 2.52 bits per heavy atom. The number of carbonyl (C=O) groups excluding carboxylic acids is 1. The van der Waals surface area contributed by atoms with Crippen LogP contribution < -0.4 is 0 Å². The van der Waals surface area contributed by atoms with Crippen LogP contribution in [0.1, 0.15) is 18.4 Å². The van der Waals surface area contributed by atoms with Crippen LogP contribution in [0.4, 0.5) is 0 Å². The topological polar surface area (TPSA) is 59.2 Å². The highest BCUT2D eigenvalue weighted by Gasteiger charge is 2.21. The molecule has 0 aliphatic rings. The first kappa shape index (κ1) is 19.5. The molecule has 0 aliphatic heterocycles. The fraction of sp³-hybridized carbons (Fsp3) is 0.250. The first-order chi connectivity index (χ1) is 12.9. The number of nitrogens with zero attached hydrogens (tertiary/aromatic N) is 3. The molecule has 2 aromatic carbocycles. The number of benzene rings is 2. The SMILES string of the molecule is Cc1ccc(S[C@H](C)C(=O)N(C)Cc2nc(-c3ccc(Cl)cc3)no2)cc1. The molecule has 0 spiro atoms. The molecule has 5 nitrogen and oxygen atoms in total. The van der Waals surface area contributed by atoms with Crippen molar-refractivity contribution in [3.8, 4) is 11.4 Å². The van der Waals surface area contributed by atoms with E-state index in [4.69, 9.17) is 16.1 Å². The number of hydrogen-bond acceptors (Lipinski definition) is 5. The summed E-state index contributed by atoms with van der Waals surface area (Å²) in [5.74, 6) is 0.875. The van der Waals surface area contributed by atoms with Crippen molar-refractivity contribution in [1.82, 2.24) is 15.0 Å². The Balaban J connectivity index is 1.60. The lowest BCUT2D eigenvalue weighted by Crippen LogP contribution is -2.32. The highest BCUT2D eigenvalue weighted by Crippen LogP contribution is 2.25. The Labute approximate surface area is 167 Å². The molecule has 0 saturated heterocycles. The maximum absolute atomic E-state index is 12.6. The second-order valence-corrected chi connectivity index (χ2v) is 8.14. The number of carbonyl (C=O) groups is 1. The number of thioether (sulfide) groups is 1. The molecule has 0 saturated carbocycles. The van der Waals surface area contributed by atoms with Crippen molar-refractivity contribution >= 4 is 29.3 Å². The summed E-state index contributed by atoms with van der Waals surface area (Å²) >= 11 is 7.43. The van der Waals surface area contributed by atoms with Crippen molar-refractivity contribution in [2.45, 2.75) is 30.5 Å². The average Bonchev–Trinajstić information content (AvgIpc) is 3.12. The molecule has 3 rings (SSSR count). The summed E-state index contributed by atoms with van der Waals surface area (Å²) in [7, 11) is 1.74. The van der Waals surface area contributed by atoms with Gasteiger partial charge in [-0.1, -0.05) is 34.5 Å². The molecule has 0 aliphatic carbocycles. The van der Waals surface area contributed by atoms with Crippen molar-refractivity contribution in [2.75, 3.05) is 7.05 Å². The van der Waals surface area contributed by atoms with Crippen molar-refractivity contribution in [2.24, 2.45) is 0 Å². The van der Waals surface area contributed by atoms with E-state index in [1.807, 2.05) is 50.2 Å². The predicted octanol–water partition coefficient (Wildman–Crippen LogP) is 4.84. The molecule has 0 bridgehead atoms. The summed E-state index contributed by atoms with van der Waals surface area (Å²) in [5.41, 5.74) is 2.01. The predicted molar refractivity (Wildman–Crippen MR) is 108 cm³/mol. The van der Waals surface area contributed by atoms with Gasteiger partial charge in [0.15, 0.2) is 0 Å². The van der Waals surface area contributed by atoms with E-state index in [-0.39, 0.29) is 17.7 Å². The van der Waals surface area contributed by atoms with Crippen molar-refractivity contribution in [3.63, 3.8) is 0 Å². The lowest BCUT2D eigenvalue weighted by molar-refractivity contribution is -0.129. The fourth-order valence-electron chi connectivity index (χ4n) is 2.50. The minimum Gasteiger partial charge on any atom is -0.337 e. The molecule has 27 heavy (non-hydrogen) atoms. The van der Waals surface area contributed by atoms with Crippen LogP contribution in [0.25, 0.3) is 11.4 Å². The second kappa shape index (κ2) is 8.59. The van der Waals surface area contributed by atoms with Gasteiger partial charge >= 0.3 is 0 Å². The number of amides is 1. The van der Waals surface area contributed by atoms with E-state index in [0.29, 0.717) is 16.7 Å². The summed E-state index contributed by atoms with van der Waals surface area (Å²) < 4.78 is 5.29. The third-order valence-electron chi connectivity index (χ3n) is 4.00. The highest BCUT2D eigenvalue weighted by molar-refractivity contribution is 8.00. The summed E-state index contributed by atoms with van der Waals surface area (Å²) in [6.45, 7) is 4.20. The minimum absolute atomic E-state index is 0.00631. The first-order valence-electron chi connectivity index (χ1n) is 8.49. The van der Waals surface area contributed by atoms with E-state index in [9.17, 15) is 4.79 Å². The van der Waals surface area contributed by atoms with Gasteiger partial charge in [0.25, 0.3) is 0 Å². The van der Waals surface area contributed by atoms with Gasteiger partial charge in [-0.15, -0.1) is 11.8 Å². The Bertz CT molecular complexity index is 910. The van der Waals surface area contributed by atoms with E-state index in [0.717, 1.165) is 10.5 Å². The third-order valence-corrected chi connectivity index (χ3v) is 5.35. The zero-order valence-electron chi connectivity index (χ0n) is 15.3. The minimum atomic E-state index is -0.212. The van der Waals surface area contributed by atoms with E-state index in [2.05, 4.69) is 10.1 Å². The zero-order valence-corrected chi connectivity index (χ0v) is 16.9. The van der Waals surface area contributed by atoms with Crippen LogP contribution in [0, 0.1) is 6.92 Å². The van der Waals surface area contributed by atoms with Crippen LogP contribution in [-0.2, 0) is 11.3 Å². The molecule has 1 atom stereocenters. The second-order valence-electron chi connectivity index (χ2n) is 6.29. The van der Waals surface area contributed by atoms with Crippen LogP contribution in [0.2, 0.25) is 5.02 Å². The largest absolute Gasteiger partial charge is 0.337 e. The van der Waals surface area contributed by atoms with Gasteiger partial charge in [0, 0.05) is 22.5 Å². The summed E-state index contributed by atoms with van der Waals surface area (Å²) in [6, 6.07) is 15.3. The monoisotopic (exact) mass is 401 g/mol. The molecule has 0 radical (unpaired) electrons. The fourth-order valence-corrected chi connectivity index (χ4v) is 3.61. The number of aromatic nitrogens is 2. The first-order valence-corrected chi connectivity index (χ1v) is 9.75. The zero-order chi connectivity index (χ0) is 19.4. The van der Waals surface area contributed by atoms with Crippen LogP contribution in [0.15, 0.2) is 57.9 Å². The molecule has 3 aromatic rings. The molecule has 0 unspecified atom stereocenters. The van der Waals surface area contributed by atoms with Crippen molar-refractivity contribution in [3.05, 3.63) is 65.0 Å². The van der Waals surface area contributed by atoms with Crippen LogP contribution >= 0.6 is 23.4 Å². The Hall–Kier alpha value is -2.31. The summed E-state index contributed by atoms with van der Waals surface area (Å²) in [6.07, 6.45) is 0. The van der Waals surface area contributed by atoms with Gasteiger partial charge in [-0.05, 0) is 50.2 Å². The average molecular weight is 402 g/mol. The normalized spacial score (nSPS) is 12.0. The summed E-state index contributed by atoms with van der Waals surface area (Å²) in [4.78, 5) is 19.7. The maximum atomic E-state index is 12.6. The van der Waals surface area contributed by atoms with Gasteiger partial charge < -0.3 is 9.42 Å². The number of halogens is 1. The van der Waals surface area contributed by atoms with Gasteiger partial charge in [-0.25, -0.2) is 0 Å². The Morgan fingerprint density at radius 2 is 1.85 bits per heavy atom. The third kappa shape index (κ3) is 5.11. The van der Waals surface area contributed by atoms with Gasteiger partial charge in [0.2, 0.25) is 17.6 Å². The maximum Gasteiger partial charge on any atom is 0.246 e. The van der Waals surface area contributed by atoms with E-state index in [1.54, 1.807) is 24.1 Å².